The third-order valence-corrected chi connectivity index (χ3v) is 12.3. The van der Waals surface area contributed by atoms with E-state index in [4.69, 9.17) is 23.8 Å². The molecule has 0 N–H and O–H groups in total. The molecule has 0 spiro atoms. The minimum atomic E-state index is 0.599. The Morgan fingerprint density at radius 2 is 0.742 bits per heavy atom. The number of benzene rings is 10. The van der Waals surface area contributed by atoms with Crippen molar-refractivity contribution in [2.24, 2.45) is 0 Å². The van der Waals surface area contributed by atoms with Gasteiger partial charge < -0.3 is 8.83 Å². The third kappa shape index (κ3) is 5.45. The summed E-state index contributed by atoms with van der Waals surface area (Å²) in [5, 5.41) is 11.3. The monoisotopic (exact) mass is 791 g/mol. The van der Waals surface area contributed by atoms with E-state index in [1.54, 1.807) is 0 Å². The van der Waals surface area contributed by atoms with Gasteiger partial charge >= 0.3 is 0 Å². The zero-order valence-corrected chi connectivity index (χ0v) is 33.2. The number of furan rings is 2. The van der Waals surface area contributed by atoms with Gasteiger partial charge in [0.25, 0.3) is 0 Å². The van der Waals surface area contributed by atoms with Crippen LogP contribution in [0.25, 0.3) is 133 Å². The lowest BCUT2D eigenvalue weighted by atomic mass is 9.94. The number of fused-ring (bicyclic) bond motifs is 10. The summed E-state index contributed by atoms with van der Waals surface area (Å²) in [6.45, 7) is 0. The molecule has 288 valence electrons. The highest BCUT2D eigenvalue weighted by Crippen LogP contribution is 2.41. The van der Waals surface area contributed by atoms with Crippen molar-refractivity contribution < 1.29 is 8.83 Å². The fourth-order valence-electron chi connectivity index (χ4n) is 9.38. The lowest BCUT2D eigenvalue weighted by molar-refractivity contribution is 0.668. The SMILES string of the molecule is c1ccc2c(-c3ccc(-c4nc(-c5ccc6c(-c7cccc8oc9ccccc9c78)cccc6c5)nc(-c5ccc6ccc7oc8ccccc8c7c6c5)n4)cc3)cccc2c1. The first-order valence-corrected chi connectivity index (χ1v) is 20.8. The third-order valence-electron chi connectivity index (χ3n) is 12.3. The average Bonchev–Trinajstić information content (AvgIpc) is 3.92. The maximum absolute atomic E-state index is 6.29. The van der Waals surface area contributed by atoms with Gasteiger partial charge in [-0.1, -0.05) is 164 Å². The van der Waals surface area contributed by atoms with Crippen molar-refractivity contribution in [3.8, 4) is 56.4 Å². The minimum Gasteiger partial charge on any atom is -0.456 e. The molecule has 13 rings (SSSR count). The van der Waals surface area contributed by atoms with Crippen LogP contribution in [-0.2, 0) is 0 Å². The molecule has 3 aromatic heterocycles. The van der Waals surface area contributed by atoms with E-state index in [0.717, 1.165) is 98.8 Å². The summed E-state index contributed by atoms with van der Waals surface area (Å²) in [6.07, 6.45) is 0. The number of para-hydroxylation sites is 2. The summed E-state index contributed by atoms with van der Waals surface area (Å²) in [4.78, 5) is 15.6. The van der Waals surface area contributed by atoms with Gasteiger partial charge in [0.2, 0.25) is 0 Å². The molecule has 0 saturated heterocycles. The molecular weight excluding hydrogens is 759 g/mol. The fourth-order valence-corrected chi connectivity index (χ4v) is 9.38. The van der Waals surface area contributed by atoms with Crippen LogP contribution in [0.5, 0.6) is 0 Å². The Morgan fingerprint density at radius 1 is 0.258 bits per heavy atom. The number of rotatable bonds is 5. The topological polar surface area (TPSA) is 65.0 Å². The second kappa shape index (κ2) is 13.6. The van der Waals surface area contributed by atoms with Gasteiger partial charge in [-0.25, -0.2) is 15.0 Å². The molecule has 0 fully saturated rings. The summed E-state index contributed by atoms with van der Waals surface area (Å²) >= 11 is 0. The predicted molar refractivity (Wildman–Crippen MR) is 254 cm³/mol. The molecule has 5 nitrogen and oxygen atoms in total. The largest absolute Gasteiger partial charge is 0.456 e. The normalized spacial score (nSPS) is 11.9. The van der Waals surface area contributed by atoms with Crippen LogP contribution in [0.3, 0.4) is 0 Å². The van der Waals surface area contributed by atoms with E-state index in [1.165, 1.54) is 16.3 Å². The van der Waals surface area contributed by atoms with Crippen molar-refractivity contribution in [2.75, 3.05) is 0 Å². The van der Waals surface area contributed by atoms with Gasteiger partial charge in [0.15, 0.2) is 17.5 Å². The first-order valence-electron chi connectivity index (χ1n) is 20.8. The Labute approximate surface area is 355 Å². The summed E-state index contributed by atoms with van der Waals surface area (Å²) in [5.41, 5.74) is 10.8. The van der Waals surface area contributed by atoms with E-state index in [-0.39, 0.29) is 0 Å². The second-order valence-corrected chi connectivity index (χ2v) is 15.9. The van der Waals surface area contributed by atoms with Crippen molar-refractivity contribution in [1.29, 1.82) is 0 Å². The maximum Gasteiger partial charge on any atom is 0.164 e. The average molecular weight is 792 g/mol. The first-order chi connectivity index (χ1) is 30.7. The van der Waals surface area contributed by atoms with Gasteiger partial charge in [-0.2, -0.15) is 0 Å². The summed E-state index contributed by atoms with van der Waals surface area (Å²) in [6, 6.07) is 69.9. The van der Waals surface area contributed by atoms with Crippen LogP contribution in [0.2, 0.25) is 0 Å². The highest BCUT2D eigenvalue weighted by Gasteiger charge is 2.18. The van der Waals surface area contributed by atoms with Crippen LogP contribution in [0, 0.1) is 0 Å². The van der Waals surface area contributed by atoms with E-state index in [0.29, 0.717) is 17.5 Å². The Morgan fingerprint density at radius 3 is 1.53 bits per heavy atom. The molecule has 0 aliphatic carbocycles. The molecule has 0 bridgehead atoms. The standard InChI is InChI=1S/C57H33N3O2/c1-2-13-41-34(10-1)11-7-16-42(41)35-22-25-37(26-23-35)55-58-56(60-57(59-55)40-27-24-36-29-31-52-54(48(36)33-40)47-15-4-6-20-50(47)62-52)39-28-30-43-38(32-39)12-8-17-44(43)45-18-9-21-51-53(45)46-14-3-5-19-49(46)61-51/h1-33H. The van der Waals surface area contributed by atoms with Gasteiger partial charge in [-0.05, 0) is 91.0 Å². The molecule has 0 amide bonds. The first kappa shape index (κ1) is 34.5. The van der Waals surface area contributed by atoms with E-state index in [9.17, 15) is 0 Å². The van der Waals surface area contributed by atoms with Gasteiger partial charge in [-0.15, -0.1) is 0 Å². The van der Waals surface area contributed by atoms with Crippen LogP contribution >= 0.6 is 0 Å². The molecular formula is C57H33N3O2. The van der Waals surface area contributed by atoms with Gasteiger partial charge in [0, 0.05) is 38.2 Å². The summed E-state index contributed by atoms with van der Waals surface area (Å²) in [5.74, 6) is 1.81. The Balaban J connectivity index is 0.978. The highest BCUT2D eigenvalue weighted by atomic mass is 16.3. The van der Waals surface area contributed by atoms with E-state index < -0.39 is 0 Å². The molecule has 0 radical (unpaired) electrons. The second-order valence-electron chi connectivity index (χ2n) is 15.9. The van der Waals surface area contributed by atoms with Crippen molar-refractivity contribution in [2.45, 2.75) is 0 Å². The lowest BCUT2D eigenvalue weighted by Gasteiger charge is -2.12. The Bertz CT molecular complexity index is 3930. The maximum atomic E-state index is 6.29. The van der Waals surface area contributed by atoms with Crippen LogP contribution in [-0.4, -0.2) is 15.0 Å². The smallest absolute Gasteiger partial charge is 0.164 e. The molecule has 0 saturated carbocycles. The van der Waals surface area contributed by atoms with E-state index in [2.05, 4.69) is 170 Å². The van der Waals surface area contributed by atoms with Gasteiger partial charge in [0.1, 0.15) is 22.3 Å². The quantitative estimate of drug-likeness (QED) is 0.174. The molecule has 0 aliphatic rings. The minimum absolute atomic E-state index is 0.599. The number of aromatic nitrogens is 3. The van der Waals surface area contributed by atoms with Crippen molar-refractivity contribution in [3.63, 3.8) is 0 Å². The molecule has 62 heavy (non-hydrogen) atoms. The number of hydrogen-bond acceptors (Lipinski definition) is 5. The number of nitrogens with zero attached hydrogens (tertiary/aromatic N) is 3. The molecule has 5 heteroatoms. The van der Waals surface area contributed by atoms with Gasteiger partial charge in [0.05, 0.1) is 0 Å². The fraction of sp³-hybridized carbons (Fsp3) is 0. The molecule has 0 atom stereocenters. The zero-order valence-electron chi connectivity index (χ0n) is 33.2. The molecule has 0 unspecified atom stereocenters. The van der Waals surface area contributed by atoms with E-state index >= 15 is 0 Å². The van der Waals surface area contributed by atoms with Crippen molar-refractivity contribution in [3.05, 3.63) is 200 Å². The molecule has 3 heterocycles. The summed E-state index contributed by atoms with van der Waals surface area (Å²) < 4.78 is 12.6. The molecule has 10 aromatic carbocycles. The Kier molecular flexibility index (Phi) is 7.54. The van der Waals surface area contributed by atoms with Crippen molar-refractivity contribution >= 4 is 76.2 Å². The van der Waals surface area contributed by atoms with Crippen LogP contribution in [0.1, 0.15) is 0 Å². The molecule has 0 aliphatic heterocycles. The van der Waals surface area contributed by atoms with Crippen LogP contribution < -0.4 is 0 Å². The highest BCUT2D eigenvalue weighted by molar-refractivity contribution is 6.19. The summed E-state index contributed by atoms with van der Waals surface area (Å²) in [7, 11) is 0. The Hall–Kier alpha value is -8.41. The van der Waals surface area contributed by atoms with Crippen molar-refractivity contribution in [1.82, 2.24) is 15.0 Å². The van der Waals surface area contributed by atoms with E-state index in [1.807, 2.05) is 30.3 Å². The van der Waals surface area contributed by atoms with Gasteiger partial charge in [-0.3, -0.25) is 0 Å². The van der Waals surface area contributed by atoms with Crippen LogP contribution in [0.15, 0.2) is 209 Å². The zero-order chi connectivity index (χ0) is 40.7. The molecule has 13 aromatic rings. The predicted octanol–water partition coefficient (Wildman–Crippen LogP) is 15.5. The van der Waals surface area contributed by atoms with Crippen LogP contribution in [0.4, 0.5) is 0 Å². The number of hydrogen-bond donors (Lipinski definition) is 0. The lowest BCUT2D eigenvalue weighted by Crippen LogP contribution is -2.00.